The molecule has 2 aromatic heterocycles. The van der Waals surface area contributed by atoms with Crippen LogP contribution >= 0.6 is 11.3 Å². The number of H-pyrrole nitrogens is 1. The molecule has 2 N–H and O–H groups in total. The summed E-state index contributed by atoms with van der Waals surface area (Å²) in [6, 6.07) is 17.9. The first kappa shape index (κ1) is 17.5. The van der Waals surface area contributed by atoms with Crippen molar-refractivity contribution < 1.29 is 9.18 Å². The van der Waals surface area contributed by atoms with Gasteiger partial charge in [-0.05, 0) is 47.7 Å². The molecule has 0 saturated carbocycles. The van der Waals surface area contributed by atoms with Gasteiger partial charge < -0.3 is 10.3 Å². The van der Waals surface area contributed by atoms with Crippen LogP contribution in [0.2, 0.25) is 0 Å². The Hall–Kier alpha value is -2.92. The summed E-state index contributed by atoms with van der Waals surface area (Å²) in [5.74, 6) is -0.352. The normalized spacial score (nSPS) is 12.2. The third-order valence-corrected chi connectivity index (χ3v) is 5.64. The maximum atomic E-state index is 13.3. The topological polar surface area (TPSA) is 44.9 Å². The summed E-state index contributed by atoms with van der Waals surface area (Å²) in [5.41, 5.74) is 3.90. The third-order valence-electron chi connectivity index (χ3n) is 4.70. The van der Waals surface area contributed by atoms with E-state index in [1.807, 2.05) is 48.7 Å². The van der Waals surface area contributed by atoms with Crippen molar-refractivity contribution >= 4 is 28.1 Å². The van der Waals surface area contributed by atoms with Crippen molar-refractivity contribution in [1.29, 1.82) is 0 Å². The van der Waals surface area contributed by atoms with Crippen LogP contribution in [0.3, 0.4) is 0 Å². The Morgan fingerprint density at radius 2 is 1.89 bits per heavy atom. The number of halogens is 1. The monoisotopic (exact) mass is 378 g/mol. The number of nitrogens with one attached hydrogen (secondary N) is 2. The highest BCUT2D eigenvalue weighted by Crippen LogP contribution is 2.27. The minimum Gasteiger partial charge on any atom is -0.358 e. The first-order chi connectivity index (χ1) is 13.1. The number of rotatable bonds is 5. The van der Waals surface area contributed by atoms with Crippen LogP contribution in [-0.2, 0) is 11.2 Å². The Kier molecular flexibility index (Phi) is 4.77. The summed E-state index contributed by atoms with van der Waals surface area (Å²) >= 11 is 1.57. The van der Waals surface area contributed by atoms with Gasteiger partial charge in [0.15, 0.2) is 0 Å². The van der Waals surface area contributed by atoms with E-state index < -0.39 is 0 Å². The molecule has 27 heavy (non-hydrogen) atoms. The SMILES string of the molecule is Cc1[nH]c2ccccc2c1CC(=O)NC(c1ccc(F)cc1)c1cccs1. The second-order valence-electron chi connectivity index (χ2n) is 6.52. The molecule has 2 heterocycles. The van der Waals surface area contributed by atoms with Crippen LogP contribution in [0.25, 0.3) is 10.9 Å². The van der Waals surface area contributed by atoms with Crippen LogP contribution in [0, 0.1) is 12.7 Å². The average molecular weight is 378 g/mol. The number of fused-ring (bicyclic) bond motifs is 1. The minimum atomic E-state index is -0.288. The quantitative estimate of drug-likeness (QED) is 0.497. The van der Waals surface area contributed by atoms with Gasteiger partial charge in [-0.1, -0.05) is 36.4 Å². The summed E-state index contributed by atoms with van der Waals surface area (Å²) in [6.07, 6.45) is 0.291. The number of hydrogen-bond acceptors (Lipinski definition) is 2. The van der Waals surface area contributed by atoms with Crippen molar-refractivity contribution in [2.24, 2.45) is 0 Å². The summed E-state index contributed by atoms with van der Waals surface area (Å²) < 4.78 is 13.3. The largest absolute Gasteiger partial charge is 0.358 e. The van der Waals surface area contributed by atoms with Gasteiger partial charge in [0.2, 0.25) is 5.91 Å². The van der Waals surface area contributed by atoms with Crippen molar-refractivity contribution in [3.8, 4) is 0 Å². The number of amides is 1. The number of hydrogen-bond donors (Lipinski definition) is 2. The van der Waals surface area contributed by atoms with E-state index >= 15 is 0 Å². The fraction of sp³-hybridized carbons (Fsp3) is 0.136. The summed E-state index contributed by atoms with van der Waals surface area (Å²) in [7, 11) is 0. The molecule has 0 radical (unpaired) electrons. The van der Waals surface area contributed by atoms with Gasteiger partial charge in [0, 0.05) is 21.5 Å². The van der Waals surface area contributed by atoms with E-state index in [2.05, 4.69) is 10.3 Å². The highest BCUT2D eigenvalue weighted by Gasteiger charge is 2.20. The Morgan fingerprint density at radius 1 is 1.11 bits per heavy atom. The van der Waals surface area contributed by atoms with E-state index in [1.165, 1.54) is 12.1 Å². The number of aromatic amines is 1. The number of para-hydroxylation sites is 1. The first-order valence-corrected chi connectivity index (χ1v) is 9.64. The molecule has 4 aromatic rings. The third kappa shape index (κ3) is 3.64. The molecule has 0 fully saturated rings. The van der Waals surface area contributed by atoms with Crippen molar-refractivity contribution in [1.82, 2.24) is 10.3 Å². The van der Waals surface area contributed by atoms with Crippen LogP contribution in [-0.4, -0.2) is 10.9 Å². The lowest BCUT2D eigenvalue weighted by Crippen LogP contribution is -2.30. The molecule has 0 bridgehead atoms. The Balaban J connectivity index is 1.60. The van der Waals surface area contributed by atoms with Crippen LogP contribution in [0.4, 0.5) is 4.39 Å². The van der Waals surface area contributed by atoms with Crippen LogP contribution < -0.4 is 5.32 Å². The second kappa shape index (κ2) is 7.37. The average Bonchev–Trinajstić information content (AvgIpc) is 3.29. The smallest absolute Gasteiger partial charge is 0.225 e. The lowest BCUT2D eigenvalue weighted by atomic mass is 10.0. The fourth-order valence-electron chi connectivity index (χ4n) is 3.36. The standard InChI is InChI=1S/C22H19FN2OS/c1-14-18(17-5-2-3-6-19(17)24-14)13-21(26)25-22(20-7-4-12-27-20)15-8-10-16(23)11-9-15/h2-12,22,24H,13H2,1H3,(H,25,26). The molecule has 1 amide bonds. The molecule has 1 unspecified atom stereocenters. The Bertz CT molecular complexity index is 1070. The van der Waals surface area contributed by atoms with Crippen LogP contribution in [0.1, 0.15) is 27.7 Å². The van der Waals surface area contributed by atoms with E-state index in [4.69, 9.17) is 0 Å². The number of aromatic nitrogens is 1. The minimum absolute atomic E-state index is 0.0643. The van der Waals surface area contributed by atoms with Crippen molar-refractivity contribution in [2.45, 2.75) is 19.4 Å². The molecular weight excluding hydrogens is 359 g/mol. The van der Waals surface area contributed by atoms with Gasteiger partial charge >= 0.3 is 0 Å². The van der Waals surface area contributed by atoms with Crippen LogP contribution in [0.15, 0.2) is 66.0 Å². The van der Waals surface area contributed by atoms with Crippen molar-refractivity contribution in [2.75, 3.05) is 0 Å². The molecule has 1 atom stereocenters. The number of thiophene rings is 1. The summed E-state index contributed by atoms with van der Waals surface area (Å²) in [5, 5.41) is 6.16. The van der Waals surface area contributed by atoms with Gasteiger partial charge in [0.1, 0.15) is 5.82 Å². The van der Waals surface area contributed by atoms with Crippen LogP contribution in [0.5, 0.6) is 0 Å². The van der Waals surface area contributed by atoms with E-state index in [1.54, 1.807) is 23.5 Å². The molecule has 0 aliphatic rings. The van der Waals surface area contributed by atoms with Gasteiger partial charge in [-0.2, -0.15) is 0 Å². The molecule has 0 spiro atoms. The van der Waals surface area contributed by atoms with E-state index in [-0.39, 0.29) is 17.8 Å². The molecule has 0 aliphatic carbocycles. The molecule has 3 nitrogen and oxygen atoms in total. The zero-order chi connectivity index (χ0) is 18.8. The van der Waals surface area contributed by atoms with E-state index in [0.717, 1.165) is 32.6 Å². The van der Waals surface area contributed by atoms with Crippen molar-refractivity contribution in [3.05, 3.63) is 93.6 Å². The molecular formula is C22H19FN2OS. The van der Waals surface area contributed by atoms with Gasteiger partial charge in [0.05, 0.1) is 12.5 Å². The molecule has 0 saturated heterocycles. The summed E-state index contributed by atoms with van der Waals surface area (Å²) in [4.78, 5) is 17.2. The number of benzene rings is 2. The predicted molar refractivity (Wildman–Crippen MR) is 107 cm³/mol. The zero-order valence-corrected chi connectivity index (χ0v) is 15.6. The van der Waals surface area contributed by atoms with Gasteiger partial charge in [-0.25, -0.2) is 4.39 Å². The Morgan fingerprint density at radius 3 is 2.63 bits per heavy atom. The van der Waals surface area contributed by atoms with E-state index in [0.29, 0.717) is 6.42 Å². The van der Waals surface area contributed by atoms with E-state index in [9.17, 15) is 9.18 Å². The van der Waals surface area contributed by atoms with Gasteiger partial charge in [-0.15, -0.1) is 11.3 Å². The molecule has 2 aromatic carbocycles. The predicted octanol–water partition coefficient (Wildman–Crippen LogP) is 5.13. The maximum Gasteiger partial charge on any atom is 0.225 e. The zero-order valence-electron chi connectivity index (χ0n) is 14.8. The number of carbonyl (C=O) groups is 1. The number of carbonyl (C=O) groups excluding carboxylic acids is 1. The summed E-state index contributed by atoms with van der Waals surface area (Å²) in [6.45, 7) is 1.99. The van der Waals surface area contributed by atoms with Gasteiger partial charge in [0.25, 0.3) is 0 Å². The lowest BCUT2D eigenvalue weighted by Gasteiger charge is -2.18. The van der Waals surface area contributed by atoms with Gasteiger partial charge in [-0.3, -0.25) is 4.79 Å². The van der Waals surface area contributed by atoms with Crippen molar-refractivity contribution in [3.63, 3.8) is 0 Å². The first-order valence-electron chi connectivity index (χ1n) is 8.76. The highest BCUT2D eigenvalue weighted by atomic mass is 32.1. The number of aryl methyl sites for hydroxylation is 1. The molecule has 4 rings (SSSR count). The molecule has 0 aliphatic heterocycles. The maximum absolute atomic E-state index is 13.3. The molecule has 5 heteroatoms. The second-order valence-corrected chi connectivity index (χ2v) is 7.50. The highest BCUT2D eigenvalue weighted by molar-refractivity contribution is 7.10. The lowest BCUT2D eigenvalue weighted by molar-refractivity contribution is -0.120. The Labute approximate surface area is 160 Å². The molecule has 136 valence electrons. The fourth-order valence-corrected chi connectivity index (χ4v) is 4.17.